The molecule has 1 N–H and O–H groups in total. The maximum absolute atomic E-state index is 5.12. The van der Waals surface area contributed by atoms with Crippen LogP contribution in [0, 0.1) is 10.8 Å². The molecule has 19 heavy (non-hydrogen) atoms. The Labute approximate surface area is 121 Å². The van der Waals surface area contributed by atoms with Crippen molar-refractivity contribution in [1.29, 1.82) is 0 Å². The predicted octanol–water partition coefficient (Wildman–Crippen LogP) is 4.64. The summed E-state index contributed by atoms with van der Waals surface area (Å²) in [6.07, 6.45) is 7.95. The maximum Gasteiger partial charge on any atom is 0.0587 e. The Morgan fingerprint density at radius 1 is 1.00 bits per heavy atom. The third-order valence-electron chi connectivity index (χ3n) is 4.20. The first-order valence-corrected chi connectivity index (χ1v) is 8.09. The first-order chi connectivity index (χ1) is 8.89. The van der Waals surface area contributed by atoms with Gasteiger partial charge in [0.25, 0.3) is 0 Å². The SMILES string of the molecule is CCCCC(CC)(CCC(C)(C)C)CNCCOC. The number of unbranched alkanes of at least 4 members (excludes halogenated alkanes) is 1. The standard InChI is InChI=1S/C17H37NO/c1-7-9-10-17(8-2,12-11-16(3,4)5)15-18-13-14-19-6/h18H,7-15H2,1-6H3. The monoisotopic (exact) mass is 271 g/mol. The van der Waals surface area contributed by atoms with Gasteiger partial charge in [-0.25, -0.2) is 0 Å². The fourth-order valence-corrected chi connectivity index (χ4v) is 2.50. The molecule has 0 fully saturated rings. The van der Waals surface area contributed by atoms with Gasteiger partial charge >= 0.3 is 0 Å². The van der Waals surface area contributed by atoms with Gasteiger partial charge in [0.15, 0.2) is 0 Å². The van der Waals surface area contributed by atoms with Crippen LogP contribution >= 0.6 is 0 Å². The van der Waals surface area contributed by atoms with E-state index in [9.17, 15) is 0 Å². The average Bonchev–Trinajstić information content (AvgIpc) is 2.36. The molecule has 0 saturated carbocycles. The molecule has 2 heteroatoms. The summed E-state index contributed by atoms with van der Waals surface area (Å²) < 4.78 is 5.12. The molecule has 0 aliphatic rings. The fraction of sp³-hybridized carbons (Fsp3) is 1.00. The largest absolute Gasteiger partial charge is 0.383 e. The smallest absolute Gasteiger partial charge is 0.0587 e. The first-order valence-electron chi connectivity index (χ1n) is 8.09. The summed E-state index contributed by atoms with van der Waals surface area (Å²) in [7, 11) is 1.77. The van der Waals surface area contributed by atoms with E-state index in [1.807, 2.05) is 0 Å². The topological polar surface area (TPSA) is 21.3 Å². The summed E-state index contributed by atoms with van der Waals surface area (Å²) in [5.41, 5.74) is 0.927. The molecule has 0 spiro atoms. The molecule has 2 nitrogen and oxygen atoms in total. The zero-order valence-electron chi connectivity index (χ0n) is 14.3. The lowest BCUT2D eigenvalue weighted by molar-refractivity contribution is 0.161. The molecular formula is C17H37NO. The highest BCUT2D eigenvalue weighted by molar-refractivity contribution is 4.82. The summed E-state index contributed by atoms with van der Waals surface area (Å²) in [6, 6.07) is 0. The highest BCUT2D eigenvalue weighted by atomic mass is 16.5. The average molecular weight is 271 g/mol. The van der Waals surface area contributed by atoms with Crippen LogP contribution in [0.25, 0.3) is 0 Å². The van der Waals surface area contributed by atoms with Crippen molar-refractivity contribution in [2.24, 2.45) is 10.8 Å². The van der Waals surface area contributed by atoms with Gasteiger partial charge in [0, 0.05) is 20.2 Å². The van der Waals surface area contributed by atoms with E-state index in [4.69, 9.17) is 4.74 Å². The van der Waals surface area contributed by atoms with Gasteiger partial charge in [0.05, 0.1) is 6.61 Å². The van der Waals surface area contributed by atoms with Gasteiger partial charge in [-0.15, -0.1) is 0 Å². The molecule has 0 aromatic carbocycles. The van der Waals surface area contributed by atoms with Crippen molar-refractivity contribution in [3.8, 4) is 0 Å². The van der Waals surface area contributed by atoms with E-state index in [0.717, 1.165) is 19.7 Å². The lowest BCUT2D eigenvalue weighted by atomic mass is 9.72. The molecule has 116 valence electrons. The Morgan fingerprint density at radius 3 is 2.16 bits per heavy atom. The number of hydrogen-bond donors (Lipinski definition) is 1. The van der Waals surface area contributed by atoms with Crippen LogP contribution in [0.15, 0.2) is 0 Å². The quantitative estimate of drug-likeness (QED) is 0.553. The molecule has 0 aliphatic carbocycles. The molecule has 1 unspecified atom stereocenters. The van der Waals surface area contributed by atoms with Crippen molar-refractivity contribution >= 4 is 0 Å². The van der Waals surface area contributed by atoms with Crippen molar-refractivity contribution in [2.45, 2.75) is 73.1 Å². The lowest BCUT2D eigenvalue weighted by Gasteiger charge is -2.36. The molecule has 1 atom stereocenters. The van der Waals surface area contributed by atoms with Crippen LogP contribution in [0.3, 0.4) is 0 Å². The van der Waals surface area contributed by atoms with Crippen molar-refractivity contribution in [3.05, 3.63) is 0 Å². The lowest BCUT2D eigenvalue weighted by Crippen LogP contribution is -2.36. The predicted molar refractivity (Wildman–Crippen MR) is 85.7 cm³/mol. The van der Waals surface area contributed by atoms with Crippen LogP contribution in [0.1, 0.15) is 73.1 Å². The second-order valence-electron chi connectivity index (χ2n) is 7.19. The van der Waals surface area contributed by atoms with Crippen LogP contribution in [-0.4, -0.2) is 26.8 Å². The van der Waals surface area contributed by atoms with Crippen molar-refractivity contribution < 1.29 is 4.74 Å². The molecule has 0 heterocycles. The minimum absolute atomic E-state index is 0.444. The molecule has 0 saturated heterocycles. The number of methoxy groups -OCH3 is 1. The van der Waals surface area contributed by atoms with Crippen LogP contribution in [0.4, 0.5) is 0 Å². The second kappa shape index (κ2) is 9.77. The Hall–Kier alpha value is -0.0800. The summed E-state index contributed by atoms with van der Waals surface area (Å²) in [4.78, 5) is 0. The van der Waals surface area contributed by atoms with Gasteiger partial charge in [0.1, 0.15) is 0 Å². The van der Waals surface area contributed by atoms with Crippen LogP contribution in [0.5, 0.6) is 0 Å². The number of rotatable bonds is 11. The van der Waals surface area contributed by atoms with Crippen molar-refractivity contribution in [1.82, 2.24) is 5.32 Å². The highest BCUT2D eigenvalue weighted by Crippen LogP contribution is 2.37. The van der Waals surface area contributed by atoms with Crippen molar-refractivity contribution in [2.75, 3.05) is 26.8 Å². The van der Waals surface area contributed by atoms with Crippen LogP contribution in [0.2, 0.25) is 0 Å². The molecular weight excluding hydrogens is 234 g/mol. The molecule has 0 rings (SSSR count). The molecule has 0 aliphatic heterocycles. The number of hydrogen-bond acceptors (Lipinski definition) is 2. The van der Waals surface area contributed by atoms with Crippen molar-refractivity contribution in [3.63, 3.8) is 0 Å². The molecule has 0 amide bonds. The third kappa shape index (κ3) is 9.45. The van der Waals surface area contributed by atoms with E-state index in [-0.39, 0.29) is 0 Å². The van der Waals surface area contributed by atoms with Gasteiger partial charge < -0.3 is 10.1 Å². The first kappa shape index (κ1) is 18.9. The van der Waals surface area contributed by atoms with Gasteiger partial charge in [-0.05, 0) is 36.5 Å². The summed E-state index contributed by atoms with van der Waals surface area (Å²) in [6.45, 7) is 14.6. The highest BCUT2D eigenvalue weighted by Gasteiger charge is 2.28. The zero-order valence-corrected chi connectivity index (χ0v) is 14.3. The van der Waals surface area contributed by atoms with Crippen LogP contribution in [-0.2, 0) is 4.74 Å². The summed E-state index contributed by atoms with van der Waals surface area (Å²) >= 11 is 0. The number of nitrogens with one attached hydrogen (secondary N) is 1. The fourth-order valence-electron chi connectivity index (χ4n) is 2.50. The normalized spacial score (nSPS) is 15.5. The minimum Gasteiger partial charge on any atom is -0.383 e. The minimum atomic E-state index is 0.444. The molecule has 0 aromatic rings. The Kier molecular flexibility index (Phi) is 9.72. The maximum atomic E-state index is 5.12. The Balaban J connectivity index is 4.40. The molecule has 0 radical (unpaired) electrons. The molecule has 0 aromatic heterocycles. The van der Waals surface area contributed by atoms with Crippen LogP contribution < -0.4 is 5.32 Å². The van der Waals surface area contributed by atoms with Gasteiger partial charge in [-0.1, -0.05) is 47.5 Å². The van der Waals surface area contributed by atoms with E-state index >= 15 is 0 Å². The van der Waals surface area contributed by atoms with E-state index in [1.54, 1.807) is 7.11 Å². The van der Waals surface area contributed by atoms with Gasteiger partial charge in [-0.2, -0.15) is 0 Å². The molecule has 0 bridgehead atoms. The van der Waals surface area contributed by atoms with E-state index in [1.165, 1.54) is 38.5 Å². The Morgan fingerprint density at radius 2 is 1.68 bits per heavy atom. The van der Waals surface area contributed by atoms with E-state index < -0.39 is 0 Å². The zero-order chi connectivity index (χ0) is 14.8. The van der Waals surface area contributed by atoms with E-state index in [2.05, 4.69) is 39.9 Å². The third-order valence-corrected chi connectivity index (χ3v) is 4.20. The summed E-state index contributed by atoms with van der Waals surface area (Å²) in [5.74, 6) is 0. The van der Waals surface area contributed by atoms with Gasteiger partial charge in [-0.3, -0.25) is 0 Å². The Bertz CT molecular complexity index is 210. The van der Waals surface area contributed by atoms with E-state index in [0.29, 0.717) is 10.8 Å². The van der Waals surface area contributed by atoms with Gasteiger partial charge in [0.2, 0.25) is 0 Å². The number of ether oxygens (including phenoxy) is 1. The second-order valence-corrected chi connectivity index (χ2v) is 7.19. The summed E-state index contributed by atoms with van der Waals surface area (Å²) in [5, 5.41) is 3.60.